The number of hydrogen-bond donors (Lipinski definition) is 2. The maximum absolute atomic E-state index is 13.0. The molecule has 444 valence electrons. The molecule has 0 aromatic carbocycles. The number of rotatable bonds is 57. The van der Waals surface area contributed by atoms with Crippen LogP contribution < -0.4 is 10.2 Å². The number of nitrogens with one attached hydrogen (secondary N) is 1. The number of carbonyl (C=O) groups excluding carboxylic acids is 1. The number of likely N-dealkylation sites (N-methyl/N-ethyl adjacent to an activating group) is 1. The number of hydrogen-bond acceptors (Lipinski definition) is 6. The van der Waals surface area contributed by atoms with E-state index in [1.165, 1.54) is 128 Å². The molecule has 0 aliphatic rings. The normalized spacial score (nSPS) is 14.5. The molecular formula is C68H121N2O6P. The van der Waals surface area contributed by atoms with Gasteiger partial charge < -0.3 is 28.8 Å². The Morgan fingerprint density at radius 3 is 1.16 bits per heavy atom. The highest BCUT2D eigenvalue weighted by molar-refractivity contribution is 7.45. The summed E-state index contributed by atoms with van der Waals surface area (Å²) < 4.78 is 23.5. The van der Waals surface area contributed by atoms with Crippen LogP contribution in [0.5, 0.6) is 0 Å². The van der Waals surface area contributed by atoms with Crippen molar-refractivity contribution in [3.8, 4) is 0 Å². The molecule has 0 fully saturated rings. The second kappa shape index (κ2) is 57.8. The number of nitrogens with zero attached hydrogens (tertiary/aromatic N) is 1. The van der Waals surface area contributed by atoms with Crippen molar-refractivity contribution in [2.24, 2.45) is 0 Å². The first-order valence-corrected chi connectivity index (χ1v) is 33.2. The van der Waals surface area contributed by atoms with Crippen LogP contribution in [0.25, 0.3) is 0 Å². The molecule has 0 saturated heterocycles. The van der Waals surface area contributed by atoms with Crippen molar-refractivity contribution < 1.29 is 32.9 Å². The molecule has 0 aliphatic heterocycles. The maximum atomic E-state index is 13.0. The van der Waals surface area contributed by atoms with E-state index >= 15 is 0 Å². The van der Waals surface area contributed by atoms with E-state index in [2.05, 4.69) is 129 Å². The molecule has 0 bridgehead atoms. The second-order valence-corrected chi connectivity index (χ2v) is 23.8. The van der Waals surface area contributed by atoms with Gasteiger partial charge in [-0.25, -0.2) is 0 Å². The lowest BCUT2D eigenvalue weighted by atomic mass is 10.0. The predicted molar refractivity (Wildman–Crippen MR) is 334 cm³/mol. The largest absolute Gasteiger partial charge is 0.756 e. The van der Waals surface area contributed by atoms with E-state index in [1.807, 2.05) is 21.1 Å². The standard InChI is InChI=1S/C68H121N2O6P/c1-6-8-10-12-14-16-18-20-22-24-26-28-29-30-31-32-33-34-35-36-37-38-39-40-41-42-44-46-48-50-52-54-56-58-60-62-68(72)69-66(65-76-77(73,74)75-64-63-70(3,4)5)67(71)61-59-57-55-53-51-49-47-45-43-27-25-23-21-19-17-15-13-11-9-7-2/h8,10,14,16,20,22,26,28,30-31,33-34,36-37,39-40,42,44,66-67,71H,6-7,9,11-13,15,17-19,21,23-25,27,29,32,35,38,41,43,45-65H2,1-5H3,(H-,69,72,73,74)/b10-8-,16-14-,22-20-,28-26-,31-30-,34-33-,37-36-,40-39-,44-42-. The summed E-state index contributed by atoms with van der Waals surface area (Å²) in [6, 6.07) is -0.815. The van der Waals surface area contributed by atoms with Crippen molar-refractivity contribution in [2.45, 2.75) is 276 Å². The van der Waals surface area contributed by atoms with Crippen LogP contribution in [0.15, 0.2) is 109 Å². The summed E-state index contributed by atoms with van der Waals surface area (Å²) in [7, 11) is 1.29. The first-order valence-electron chi connectivity index (χ1n) is 31.7. The van der Waals surface area contributed by atoms with Gasteiger partial charge in [-0.15, -0.1) is 0 Å². The number of phosphoric acid groups is 1. The van der Waals surface area contributed by atoms with Crippen LogP contribution in [-0.4, -0.2) is 68.5 Å². The summed E-state index contributed by atoms with van der Waals surface area (Å²) >= 11 is 0. The van der Waals surface area contributed by atoms with Gasteiger partial charge in [0.2, 0.25) is 5.91 Å². The van der Waals surface area contributed by atoms with Gasteiger partial charge in [-0.05, 0) is 83.5 Å². The van der Waals surface area contributed by atoms with Crippen LogP contribution in [0.4, 0.5) is 0 Å². The summed E-state index contributed by atoms with van der Waals surface area (Å²) in [4.78, 5) is 25.6. The van der Waals surface area contributed by atoms with E-state index in [0.717, 1.165) is 109 Å². The van der Waals surface area contributed by atoms with E-state index in [-0.39, 0.29) is 19.1 Å². The van der Waals surface area contributed by atoms with Gasteiger partial charge in [0.1, 0.15) is 13.2 Å². The van der Waals surface area contributed by atoms with Crippen LogP contribution in [0, 0.1) is 0 Å². The molecule has 1 amide bonds. The van der Waals surface area contributed by atoms with Gasteiger partial charge >= 0.3 is 0 Å². The Labute approximate surface area is 476 Å². The Balaban J connectivity index is 4.17. The number of phosphoric ester groups is 1. The number of carbonyl (C=O) groups is 1. The van der Waals surface area contributed by atoms with Crippen LogP contribution in [0.2, 0.25) is 0 Å². The molecule has 2 N–H and O–H groups in total. The van der Waals surface area contributed by atoms with Gasteiger partial charge in [-0.2, -0.15) is 0 Å². The summed E-state index contributed by atoms with van der Waals surface area (Å²) in [6.45, 7) is 4.61. The van der Waals surface area contributed by atoms with Gasteiger partial charge in [0.25, 0.3) is 7.82 Å². The number of amides is 1. The fraction of sp³-hybridized carbons (Fsp3) is 0.721. The predicted octanol–water partition coefficient (Wildman–Crippen LogP) is 19.3. The SMILES string of the molecule is CC/C=C\C/C=C\C/C=C\C/C=C\C/C=C\C/C=C\C/C=C\C/C=C\C/C=C\CCCCCCCCCC(=O)NC(COP(=O)([O-])OCC[N+](C)(C)C)C(O)CCCCCCCCCCCCCCCCCCCCCC. The molecule has 0 aromatic heterocycles. The van der Waals surface area contributed by atoms with Crippen LogP contribution in [0.3, 0.4) is 0 Å². The summed E-state index contributed by atoms with van der Waals surface area (Å²) in [5.74, 6) is -0.178. The average Bonchev–Trinajstić information content (AvgIpc) is 3.39. The Kier molecular flexibility index (Phi) is 55.7. The number of allylic oxidation sites excluding steroid dienone is 18. The van der Waals surface area contributed by atoms with Gasteiger partial charge in [0, 0.05) is 6.42 Å². The van der Waals surface area contributed by atoms with Crippen molar-refractivity contribution in [3.05, 3.63) is 109 Å². The lowest BCUT2D eigenvalue weighted by Crippen LogP contribution is -2.46. The van der Waals surface area contributed by atoms with Crippen molar-refractivity contribution in [2.75, 3.05) is 40.9 Å². The highest BCUT2D eigenvalue weighted by Crippen LogP contribution is 2.38. The summed E-state index contributed by atoms with van der Waals surface area (Å²) in [5, 5.41) is 14.0. The van der Waals surface area contributed by atoms with Crippen molar-refractivity contribution in [3.63, 3.8) is 0 Å². The molecule has 0 spiro atoms. The zero-order valence-corrected chi connectivity index (χ0v) is 51.5. The lowest BCUT2D eigenvalue weighted by molar-refractivity contribution is -0.870. The van der Waals surface area contributed by atoms with Gasteiger partial charge in [-0.3, -0.25) is 9.36 Å². The fourth-order valence-corrected chi connectivity index (χ4v) is 9.58. The molecule has 0 aliphatic carbocycles. The molecular weight excluding hydrogens is 972 g/mol. The first-order chi connectivity index (χ1) is 37.5. The molecule has 0 rings (SSSR count). The van der Waals surface area contributed by atoms with Gasteiger partial charge in [0.05, 0.1) is 39.9 Å². The van der Waals surface area contributed by atoms with E-state index in [0.29, 0.717) is 23.9 Å². The highest BCUT2D eigenvalue weighted by atomic mass is 31.2. The molecule has 0 saturated carbocycles. The quantitative estimate of drug-likeness (QED) is 0.0272. The molecule has 0 aromatic rings. The Morgan fingerprint density at radius 2 is 0.792 bits per heavy atom. The third-order valence-corrected chi connectivity index (χ3v) is 14.7. The van der Waals surface area contributed by atoms with E-state index in [1.54, 1.807) is 0 Å². The zero-order chi connectivity index (χ0) is 56.3. The Morgan fingerprint density at radius 1 is 0.468 bits per heavy atom. The third-order valence-electron chi connectivity index (χ3n) is 13.8. The van der Waals surface area contributed by atoms with E-state index < -0.39 is 20.0 Å². The zero-order valence-electron chi connectivity index (χ0n) is 50.6. The summed E-state index contributed by atoms with van der Waals surface area (Å²) in [6.07, 6.45) is 84.1. The average molecular weight is 1090 g/mol. The number of quaternary nitrogens is 1. The van der Waals surface area contributed by atoms with E-state index in [9.17, 15) is 19.4 Å². The van der Waals surface area contributed by atoms with Crippen molar-refractivity contribution in [1.29, 1.82) is 0 Å². The Hall–Kier alpha value is -2.84. The monoisotopic (exact) mass is 1090 g/mol. The molecule has 3 atom stereocenters. The number of unbranched alkanes of at least 4 members (excludes halogenated alkanes) is 26. The summed E-state index contributed by atoms with van der Waals surface area (Å²) in [5.41, 5.74) is 0. The minimum atomic E-state index is -4.59. The number of aliphatic hydroxyl groups excluding tert-OH is 1. The third kappa shape index (κ3) is 60.6. The maximum Gasteiger partial charge on any atom is 0.268 e. The molecule has 0 radical (unpaired) electrons. The molecule has 3 unspecified atom stereocenters. The topological polar surface area (TPSA) is 108 Å². The minimum Gasteiger partial charge on any atom is -0.756 e. The minimum absolute atomic E-state index is 0.00487. The molecule has 0 heterocycles. The van der Waals surface area contributed by atoms with Crippen LogP contribution in [-0.2, 0) is 18.4 Å². The van der Waals surface area contributed by atoms with Gasteiger partial charge in [-0.1, -0.05) is 284 Å². The van der Waals surface area contributed by atoms with Crippen molar-refractivity contribution >= 4 is 13.7 Å². The first kappa shape index (κ1) is 74.2. The molecule has 8 nitrogen and oxygen atoms in total. The highest BCUT2D eigenvalue weighted by Gasteiger charge is 2.24. The van der Waals surface area contributed by atoms with E-state index in [4.69, 9.17) is 9.05 Å². The smallest absolute Gasteiger partial charge is 0.268 e. The van der Waals surface area contributed by atoms with Crippen LogP contribution >= 0.6 is 7.82 Å². The second-order valence-electron chi connectivity index (χ2n) is 22.4. The van der Waals surface area contributed by atoms with Crippen molar-refractivity contribution in [1.82, 2.24) is 5.32 Å². The Bertz CT molecular complexity index is 1620. The molecule has 77 heavy (non-hydrogen) atoms. The molecule has 9 heteroatoms. The number of aliphatic hydroxyl groups is 1. The van der Waals surface area contributed by atoms with Crippen LogP contribution in [0.1, 0.15) is 264 Å². The van der Waals surface area contributed by atoms with Gasteiger partial charge in [0.15, 0.2) is 0 Å². The lowest BCUT2D eigenvalue weighted by Gasteiger charge is -2.30. The fourth-order valence-electron chi connectivity index (χ4n) is 8.86.